The molecule has 1 heterocycles. The third kappa shape index (κ3) is 5.15. The van der Waals surface area contributed by atoms with Gasteiger partial charge in [0.05, 0.1) is 12.8 Å². The number of carbonyl (C=O) groups is 1. The van der Waals surface area contributed by atoms with Crippen LogP contribution in [-0.2, 0) is 0 Å². The molecule has 0 N–H and O–H groups in total. The number of nitrogens with zero attached hydrogens (tertiary/aromatic N) is 2. The lowest BCUT2D eigenvalue weighted by Gasteiger charge is -2.20. The topological polar surface area (TPSA) is 36.7 Å². The molecule has 0 atom stereocenters. The Labute approximate surface area is 103 Å². The molecule has 0 fully saturated rings. The molecular formula is C13H22N2O2. The van der Waals surface area contributed by atoms with Crippen LogP contribution in [0.1, 0.15) is 23.9 Å². The maximum Gasteiger partial charge on any atom is 0.211 e. The molecule has 0 unspecified atom stereocenters. The molecule has 96 valence electrons. The summed E-state index contributed by atoms with van der Waals surface area (Å²) < 4.78 is 5.10. The number of rotatable bonds is 8. The molecular weight excluding hydrogens is 216 g/mol. The van der Waals surface area contributed by atoms with Crippen LogP contribution in [0.3, 0.4) is 0 Å². The van der Waals surface area contributed by atoms with E-state index >= 15 is 0 Å². The van der Waals surface area contributed by atoms with E-state index in [9.17, 15) is 4.79 Å². The lowest BCUT2D eigenvalue weighted by atomic mass is 10.2. The van der Waals surface area contributed by atoms with Gasteiger partial charge in [-0.2, -0.15) is 0 Å². The van der Waals surface area contributed by atoms with Gasteiger partial charge in [-0.25, -0.2) is 0 Å². The van der Waals surface area contributed by atoms with Gasteiger partial charge < -0.3 is 9.32 Å². The molecule has 0 aromatic carbocycles. The van der Waals surface area contributed by atoms with Gasteiger partial charge in [0.15, 0.2) is 5.76 Å². The molecule has 0 aliphatic rings. The average molecular weight is 238 g/mol. The number of likely N-dealkylation sites (N-methyl/N-ethyl adjacent to an activating group) is 1. The van der Waals surface area contributed by atoms with Gasteiger partial charge in [-0.1, -0.05) is 6.92 Å². The highest BCUT2D eigenvalue weighted by molar-refractivity contribution is 5.94. The van der Waals surface area contributed by atoms with Gasteiger partial charge in [-0.3, -0.25) is 9.69 Å². The Kier molecular flexibility index (Phi) is 5.94. The third-order valence-corrected chi connectivity index (χ3v) is 2.69. The van der Waals surface area contributed by atoms with Crippen LogP contribution < -0.4 is 0 Å². The van der Waals surface area contributed by atoms with Crippen molar-refractivity contribution < 1.29 is 9.21 Å². The summed E-state index contributed by atoms with van der Waals surface area (Å²) in [4.78, 5) is 16.1. The van der Waals surface area contributed by atoms with E-state index in [0.717, 1.165) is 26.1 Å². The Hall–Kier alpha value is -1.13. The summed E-state index contributed by atoms with van der Waals surface area (Å²) in [5, 5.41) is 0. The molecule has 4 heteroatoms. The first-order valence-corrected chi connectivity index (χ1v) is 6.07. The van der Waals surface area contributed by atoms with E-state index in [2.05, 4.69) is 30.8 Å². The van der Waals surface area contributed by atoms with Crippen LogP contribution in [0.2, 0.25) is 0 Å². The lowest BCUT2D eigenvalue weighted by molar-refractivity contribution is 0.0904. The zero-order chi connectivity index (χ0) is 12.7. The largest absolute Gasteiger partial charge is 0.461 e. The summed E-state index contributed by atoms with van der Waals surface area (Å²) >= 11 is 0. The van der Waals surface area contributed by atoms with Crippen LogP contribution >= 0.6 is 0 Å². The fourth-order valence-electron chi connectivity index (χ4n) is 1.68. The molecule has 0 aliphatic carbocycles. The Bertz CT molecular complexity index is 320. The second-order valence-electron chi connectivity index (χ2n) is 4.43. The molecule has 0 radical (unpaired) electrons. The zero-order valence-electron chi connectivity index (χ0n) is 11.0. The summed E-state index contributed by atoms with van der Waals surface area (Å²) in [5.41, 5.74) is 0. The van der Waals surface area contributed by atoms with Crippen LogP contribution in [0.4, 0.5) is 0 Å². The average Bonchev–Trinajstić information content (AvgIpc) is 2.80. The second kappa shape index (κ2) is 7.25. The minimum Gasteiger partial charge on any atom is -0.461 e. The van der Waals surface area contributed by atoms with Gasteiger partial charge in [0.25, 0.3) is 0 Å². The normalized spacial score (nSPS) is 11.4. The van der Waals surface area contributed by atoms with Gasteiger partial charge in [-0.15, -0.1) is 0 Å². The molecule has 0 spiro atoms. The van der Waals surface area contributed by atoms with Gasteiger partial charge in [0, 0.05) is 0 Å². The van der Waals surface area contributed by atoms with Crippen molar-refractivity contribution in [1.82, 2.24) is 9.80 Å². The Balaban J connectivity index is 2.34. The monoisotopic (exact) mass is 238 g/mol. The smallest absolute Gasteiger partial charge is 0.211 e. The van der Waals surface area contributed by atoms with Crippen molar-refractivity contribution in [3.63, 3.8) is 0 Å². The highest BCUT2D eigenvalue weighted by Crippen LogP contribution is 2.03. The maximum atomic E-state index is 11.8. The van der Waals surface area contributed by atoms with Crippen molar-refractivity contribution in [2.45, 2.75) is 13.3 Å². The number of furan rings is 1. The third-order valence-electron chi connectivity index (χ3n) is 2.69. The van der Waals surface area contributed by atoms with Crippen molar-refractivity contribution >= 4 is 5.78 Å². The number of hydrogen-bond acceptors (Lipinski definition) is 4. The highest BCUT2D eigenvalue weighted by atomic mass is 16.3. The zero-order valence-corrected chi connectivity index (χ0v) is 11.0. The van der Waals surface area contributed by atoms with E-state index in [-0.39, 0.29) is 5.78 Å². The molecule has 0 amide bonds. The Morgan fingerprint density at radius 1 is 1.35 bits per heavy atom. The first kappa shape index (κ1) is 13.9. The highest BCUT2D eigenvalue weighted by Gasteiger charge is 2.13. The predicted octanol–water partition coefficient (Wildman–Crippen LogP) is 1.74. The summed E-state index contributed by atoms with van der Waals surface area (Å²) in [6.07, 6.45) is 2.61. The lowest BCUT2D eigenvalue weighted by Crippen LogP contribution is -2.32. The molecule has 0 bridgehead atoms. The summed E-state index contributed by atoms with van der Waals surface area (Å²) in [6.45, 7) is 5.40. The summed E-state index contributed by atoms with van der Waals surface area (Å²) in [7, 11) is 4.12. The van der Waals surface area contributed by atoms with Gasteiger partial charge >= 0.3 is 0 Å². The molecule has 1 aromatic rings. The molecule has 17 heavy (non-hydrogen) atoms. The number of hydrogen-bond donors (Lipinski definition) is 0. The Morgan fingerprint density at radius 2 is 2.12 bits per heavy atom. The summed E-state index contributed by atoms with van der Waals surface area (Å²) in [6, 6.07) is 3.46. The summed E-state index contributed by atoms with van der Waals surface area (Å²) in [5.74, 6) is 0.512. The van der Waals surface area contributed by atoms with E-state index in [4.69, 9.17) is 4.42 Å². The number of Topliss-reactive ketones (excluding diaryl/α,β-unsaturated/α-hetero) is 1. The Morgan fingerprint density at radius 3 is 2.65 bits per heavy atom. The minimum atomic E-state index is 0.0571. The van der Waals surface area contributed by atoms with Crippen LogP contribution in [0.25, 0.3) is 0 Å². The predicted molar refractivity (Wildman–Crippen MR) is 68.3 cm³/mol. The molecule has 0 saturated carbocycles. The standard InChI is InChI=1S/C13H22N2O2/c1-4-15(9-6-8-14(2)3)11-12(16)13-7-5-10-17-13/h5,7,10H,4,6,8-9,11H2,1-3H3. The molecule has 0 aliphatic heterocycles. The van der Waals surface area contributed by atoms with Crippen LogP contribution in [0.5, 0.6) is 0 Å². The molecule has 1 aromatic heterocycles. The molecule has 1 rings (SSSR count). The van der Waals surface area contributed by atoms with Crippen molar-refractivity contribution in [2.24, 2.45) is 0 Å². The number of carbonyl (C=O) groups excluding carboxylic acids is 1. The fraction of sp³-hybridized carbons (Fsp3) is 0.615. The van der Waals surface area contributed by atoms with Crippen molar-refractivity contribution in [1.29, 1.82) is 0 Å². The van der Waals surface area contributed by atoms with Crippen molar-refractivity contribution in [3.05, 3.63) is 24.2 Å². The SMILES string of the molecule is CCN(CCCN(C)C)CC(=O)c1ccco1. The maximum absolute atomic E-state index is 11.8. The minimum absolute atomic E-state index is 0.0571. The van der Waals surface area contributed by atoms with E-state index in [1.54, 1.807) is 12.1 Å². The van der Waals surface area contributed by atoms with E-state index in [1.165, 1.54) is 6.26 Å². The van der Waals surface area contributed by atoms with Crippen LogP contribution in [0.15, 0.2) is 22.8 Å². The number of ketones is 1. The fourth-order valence-corrected chi connectivity index (χ4v) is 1.68. The van der Waals surface area contributed by atoms with Crippen LogP contribution in [0, 0.1) is 0 Å². The van der Waals surface area contributed by atoms with Crippen LogP contribution in [-0.4, -0.2) is 55.9 Å². The quantitative estimate of drug-likeness (QED) is 0.646. The van der Waals surface area contributed by atoms with E-state index in [1.807, 2.05) is 0 Å². The van der Waals surface area contributed by atoms with E-state index in [0.29, 0.717) is 12.3 Å². The van der Waals surface area contributed by atoms with Gasteiger partial charge in [0.2, 0.25) is 5.78 Å². The van der Waals surface area contributed by atoms with Gasteiger partial charge in [-0.05, 0) is 52.3 Å². The van der Waals surface area contributed by atoms with E-state index < -0.39 is 0 Å². The first-order chi connectivity index (χ1) is 8.13. The second-order valence-corrected chi connectivity index (χ2v) is 4.43. The van der Waals surface area contributed by atoms with Crippen molar-refractivity contribution in [2.75, 3.05) is 40.3 Å². The molecule has 0 saturated heterocycles. The van der Waals surface area contributed by atoms with Gasteiger partial charge in [0.1, 0.15) is 0 Å². The van der Waals surface area contributed by atoms with Crippen molar-refractivity contribution in [3.8, 4) is 0 Å². The molecule has 4 nitrogen and oxygen atoms in total. The first-order valence-electron chi connectivity index (χ1n) is 6.07.